The summed E-state index contributed by atoms with van der Waals surface area (Å²) < 4.78 is 2.57. The van der Waals surface area contributed by atoms with Crippen LogP contribution in [0.1, 0.15) is 22.9 Å². The quantitative estimate of drug-likeness (QED) is 0.199. The van der Waals surface area contributed by atoms with Crippen LogP contribution in [0.25, 0.3) is 75.1 Å². The minimum absolute atomic E-state index is 0.263. The van der Waals surface area contributed by atoms with Crippen LogP contribution in [0, 0.1) is 0 Å². The highest BCUT2D eigenvalue weighted by molar-refractivity contribution is 7.26. The molecule has 1 unspecified atom stereocenters. The van der Waals surface area contributed by atoms with Gasteiger partial charge in [0.25, 0.3) is 0 Å². The number of amidine groups is 2. The molecule has 2 heterocycles. The van der Waals surface area contributed by atoms with Gasteiger partial charge in [0, 0.05) is 31.3 Å². The van der Waals surface area contributed by atoms with Crippen molar-refractivity contribution in [3.8, 4) is 33.4 Å². The number of fused-ring (bicyclic) bond motifs is 8. The van der Waals surface area contributed by atoms with Crippen LogP contribution in [0.3, 0.4) is 0 Å². The van der Waals surface area contributed by atoms with E-state index in [2.05, 4.69) is 163 Å². The molecule has 1 aromatic heterocycles. The van der Waals surface area contributed by atoms with Gasteiger partial charge in [-0.3, -0.25) is 0 Å². The Kier molecular flexibility index (Phi) is 6.18. The number of hydrogen-bond acceptors (Lipinski definition) is 4. The van der Waals surface area contributed by atoms with E-state index in [1.807, 2.05) is 17.4 Å². The fourth-order valence-electron chi connectivity index (χ4n) is 8.01. The van der Waals surface area contributed by atoms with Gasteiger partial charge < -0.3 is 5.32 Å². The van der Waals surface area contributed by atoms with Crippen LogP contribution in [0.2, 0.25) is 0 Å². The van der Waals surface area contributed by atoms with Crippen molar-refractivity contribution in [2.75, 3.05) is 0 Å². The van der Waals surface area contributed by atoms with Crippen molar-refractivity contribution in [2.45, 2.75) is 6.17 Å². The molecule has 0 spiro atoms. The van der Waals surface area contributed by atoms with E-state index in [0.29, 0.717) is 0 Å². The van der Waals surface area contributed by atoms with Crippen LogP contribution in [-0.2, 0) is 0 Å². The van der Waals surface area contributed by atoms with E-state index in [1.165, 1.54) is 75.1 Å². The second kappa shape index (κ2) is 11.1. The van der Waals surface area contributed by atoms with Crippen molar-refractivity contribution in [3.63, 3.8) is 0 Å². The summed E-state index contributed by atoms with van der Waals surface area (Å²) in [6.07, 6.45) is -0.263. The van der Waals surface area contributed by atoms with Crippen LogP contribution in [0.4, 0.5) is 0 Å². The molecule has 0 fully saturated rings. The highest BCUT2D eigenvalue weighted by atomic mass is 32.1. The number of hydrogen-bond donors (Lipinski definition) is 1. The predicted octanol–water partition coefficient (Wildman–Crippen LogP) is 12.2. The maximum absolute atomic E-state index is 5.22. The van der Waals surface area contributed by atoms with Crippen molar-refractivity contribution >= 4 is 64.7 Å². The van der Waals surface area contributed by atoms with Crippen molar-refractivity contribution < 1.29 is 0 Å². The monoisotopic (exact) mass is 667 g/mol. The van der Waals surface area contributed by atoms with Crippen LogP contribution in [0.5, 0.6) is 0 Å². The number of nitrogens with zero attached hydrogens (tertiary/aromatic N) is 2. The number of thiophene rings is 1. The zero-order valence-corrected chi connectivity index (χ0v) is 28.3. The Balaban J connectivity index is 1.04. The molecule has 1 aliphatic heterocycles. The zero-order chi connectivity index (χ0) is 33.5. The van der Waals surface area contributed by atoms with E-state index < -0.39 is 0 Å². The summed E-state index contributed by atoms with van der Waals surface area (Å²) in [4.78, 5) is 10.4. The molecule has 4 heteroatoms. The Bertz CT molecular complexity index is 2940. The summed E-state index contributed by atoms with van der Waals surface area (Å²) in [6, 6.07) is 59.0. The molecule has 8 aromatic carbocycles. The minimum atomic E-state index is -0.263. The van der Waals surface area contributed by atoms with Gasteiger partial charge in [-0.05, 0) is 84.8 Å². The smallest absolute Gasteiger partial charge is 0.159 e. The zero-order valence-electron chi connectivity index (χ0n) is 27.5. The standard InChI is InChI=1S/C47H29N3S/c1-3-10-28(11-4-1)31-20-18-29-19-21-32(25-34(29)24-31)46-48-45(30-12-5-2-6-13-30)49-47(50-46)33-22-23-38-41(26-33)51-42-27-40-36-15-8-7-14-35(36)37-16-9-17-39(43(37)40)44(38)42/h1-27,45H,(H,48,49,50). The molecule has 0 amide bonds. The van der Waals surface area contributed by atoms with Crippen molar-refractivity contribution in [1.29, 1.82) is 0 Å². The molecule has 3 nitrogen and oxygen atoms in total. The van der Waals surface area contributed by atoms with Gasteiger partial charge in [-0.15, -0.1) is 11.3 Å². The molecule has 51 heavy (non-hydrogen) atoms. The molecule has 0 saturated heterocycles. The number of nitrogens with one attached hydrogen (secondary N) is 1. The molecular formula is C47H29N3S. The normalized spacial score (nSPS) is 14.9. The topological polar surface area (TPSA) is 36.8 Å². The maximum Gasteiger partial charge on any atom is 0.159 e. The number of benzene rings is 8. The lowest BCUT2D eigenvalue weighted by molar-refractivity contribution is 0.674. The number of aliphatic imine (C=N–C) groups is 2. The van der Waals surface area contributed by atoms with E-state index in [9.17, 15) is 0 Å². The Morgan fingerprint density at radius 1 is 0.451 bits per heavy atom. The molecule has 9 aromatic rings. The Morgan fingerprint density at radius 3 is 2.00 bits per heavy atom. The Labute approximate surface area is 298 Å². The molecule has 0 radical (unpaired) electrons. The van der Waals surface area contributed by atoms with Gasteiger partial charge in [0.2, 0.25) is 0 Å². The third-order valence-corrected chi connectivity index (χ3v) is 11.5. The molecular weight excluding hydrogens is 639 g/mol. The summed E-state index contributed by atoms with van der Waals surface area (Å²) in [5.41, 5.74) is 10.9. The Hall–Kier alpha value is -6.36. The molecule has 1 aliphatic carbocycles. The van der Waals surface area contributed by atoms with E-state index in [1.54, 1.807) is 0 Å². The first kappa shape index (κ1) is 28.5. The lowest BCUT2D eigenvalue weighted by atomic mass is 9.98. The average molecular weight is 668 g/mol. The van der Waals surface area contributed by atoms with Gasteiger partial charge >= 0.3 is 0 Å². The lowest BCUT2D eigenvalue weighted by Crippen LogP contribution is -2.33. The summed E-state index contributed by atoms with van der Waals surface area (Å²) in [5.74, 6) is 1.55. The summed E-state index contributed by atoms with van der Waals surface area (Å²) in [5, 5.41) is 11.4. The van der Waals surface area contributed by atoms with E-state index in [-0.39, 0.29) is 6.17 Å². The summed E-state index contributed by atoms with van der Waals surface area (Å²) in [6.45, 7) is 0. The van der Waals surface area contributed by atoms with Gasteiger partial charge in [-0.25, -0.2) is 9.98 Å². The fourth-order valence-corrected chi connectivity index (χ4v) is 9.21. The first-order valence-corrected chi connectivity index (χ1v) is 18.2. The third kappa shape index (κ3) is 4.50. The molecule has 1 atom stereocenters. The van der Waals surface area contributed by atoms with Crippen molar-refractivity contribution in [3.05, 3.63) is 180 Å². The van der Waals surface area contributed by atoms with Gasteiger partial charge in [-0.2, -0.15) is 0 Å². The van der Waals surface area contributed by atoms with Crippen molar-refractivity contribution in [1.82, 2.24) is 5.32 Å². The highest BCUT2D eigenvalue weighted by Crippen LogP contribution is 2.51. The molecule has 1 N–H and O–H groups in total. The predicted molar refractivity (Wildman–Crippen MR) is 216 cm³/mol. The van der Waals surface area contributed by atoms with Crippen LogP contribution >= 0.6 is 11.3 Å². The molecule has 11 rings (SSSR count). The highest BCUT2D eigenvalue weighted by Gasteiger charge is 2.25. The van der Waals surface area contributed by atoms with Gasteiger partial charge in [0.05, 0.1) is 0 Å². The first-order valence-electron chi connectivity index (χ1n) is 17.3. The second-order valence-electron chi connectivity index (χ2n) is 13.4. The molecule has 2 aliphatic rings. The van der Waals surface area contributed by atoms with Crippen molar-refractivity contribution in [2.24, 2.45) is 9.98 Å². The third-order valence-electron chi connectivity index (χ3n) is 10.4. The first-order chi connectivity index (χ1) is 25.2. The largest absolute Gasteiger partial charge is 0.344 e. The van der Waals surface area contributed by atoms with E-state index in [0.717, 1.165) is 28.4 Å². The molecule has 238 valence electrons. The summed E-state index contributed by atoms with van der Waals surface area (Å²) >= 11 is 1.86. The Morgan fingerprint density at radius 2 is 1.16 bits per heavy atom. The number of rotatable bonds is 4. The maximum atomic E-state index is 5.22. The SMILES string of the molecule is c1ccc(-c2ccc3ccc(C4=NC(c5ccccc5)NC(c5ccc6c(c5)sc5cc7c8c(cccc8c56)-c5ccccc5-7)=N4)cc3c2)cc1. The average Bonchev–Trinajstić information content (AvgIpc) is 3.74. The molecule has 0 saturated carbocycles. The second-order valence-corrected chi connectivity index (χ2v) is 14.5. The fraction of sp³-hybridized carbons (Fsp3) is 0.0213. The van der Waals surface area contributed by atoms with Crippen LogP contribution < -0.4 is 5.32 Å². The lowest BCUT2D eigenvalue weighted by Gasteiger charge is -2.24. The van der Waals surface area contributed by atoms with Gasteiger partial charge in [0.1, 0.15) is 12.0 Å². The van der Waals surface area contributed by atoms with Crippen LogP contribution in [0.15, 0.2) is 174 Å². The minimum Gasteiger partial charge on any atom is -0.344 e. The van der Waals surface area contributed by atoms with Crippen LogP contribution in [-0.4, -0.2) is 11.7 Å². The van der Waals surface area contributed by atoms with E-state index in [4.69, 9.17) is 9.98 Å². The summed E-state index contributed by atoms with van der Waals surface area (Å²) in [7, 11) is 0. The van der Waals surface area contributed by atoms with Gasteiger partial charge in [0.15, 0.2) is 5.84 Å². The van der Waals surface area contributed by atoms with Gasteiger partial charge in [-0.1, -0.05) is 140 Å². The molecule has 0 bridgehead atoms. The van der Waals surface area contributed by atoms with E-state index >= 15 is 0 Å².